The number of carboxylic acid groups (broad SMARTS) is 1. The Labute approximate surface area is 114 Å². The van der Waals surface area contributed by atoms with Crippen molar-refractivity contribution in [1.29, 1.82) is 5.26 Å². The van der Waals surface area contributed by atoms with Crippen molar-refractivity contribution in [1.82, 2.24) is 0 Å². The molecule has 2 atom stereocenters. The predicted octanol–water partition coefficient (Wildman–Crippen LogP) is 2.62. The fraction of sp³-hybridized carbons (Fsp3) is 0.385. The Bertz CT molecular complexity index is 524. The molecule has 1 fully saturated rings. The van der Waals surface area contributed by atoms with E-state index in [1.807, 2.05) is 17.9 Å². The van der Waals surface area contributed by atoms with E-state index in [4.69, 9.17) is 5.26 Å². The number of benzene rings is 1. The molecule has 1 N–H and O–H groups in total. The average molecular weight is 309 g/mol. The summed E-state index contributed by atoms with van der Waals surface area (Å²) in [5, 5.41) is 18.4. The van der Waals surface area contributed by atoms with Gasteiger partial charge in [-0.1, -0.05) is 22.9 Å². The van der Waals surface area contributed by atoms with Gasteiger partial charge in [0.25, 0.3) is 0 Å². The van der Waals surface area contributed by atoms with Crippen molar-refractivity contribution in [3.63, 3.8) is 0 Å². The minimum Gasteiger partial charge on any atom is -0.480 e. The van der Waals surface area contributed by atoms with Crippen molar-refractivity contribution in [3.8, 4) is 6.07 Å². The van der Waals surface area contributed by atoms with Crippen LogP contribution in [0.15, 0.2) is 22.7 Å². The van der Waals surface area contributed by atoms with Gasteiger partial charge in [-0.05, 0) is 30.5 Å². The summed E-state index contributed by atoms with van der Waals surface area (Å²) in [6.45, 7) is 2.61. The van der Waals surface area contributed by atoms with Crippen LogP contribution in [-0.2, 0) is 4.79 Å². The Hall–Kier alpha value is -1.54. The smallest absolute Gasteiger partial charge is 0.326 e. The predicted molar refractivity (Wildman–Crippen MR) is 71.4 cm³/mol. The van der Waals surface area contributed by atoms with Gasteiger partial charge in [0, 0.05) is 11.0 Å². The zero-order valence-corrected chi connectivity index (χ0v) is 11.5. The van der Waals surface area contributed by atoms with Crippen LogP contribution in [0.2, 0.25) is 0 Å². The maximum Gasteiger partial charge on any atom is 0.326 e. The van der Waals surface area contributed by atoms with Crippen molar-refractivity contribution < 1.29 is 9.90 Å². The highest BCUT2D eigenvalue weighted by Crippen LogP contribution is 2.33. The first kappa shape index (κ1) is 12.9. The molecule has 18 heavy (non-hydrogen) atoms. The number of hydrogen-bond donors (Lipinski definition) is 1. The lowest BCUT2D eigenvalue weighted by molar-refractivity contribution is -0.139. The second-order valence-electron chi connectivity index (χ2n) is 4.52. The van der Waals surface area contributed by atoms with Gasteiger partial charge in [0.15, 0.2) is 0 Å². The summed E-state index contributed by atoms with van der Waals surface area (Å²) in [5.41, 5.74) is 1.21. The largest absolute Gasteiger partial charge is 0.480 e. The fourth-order valence-electron chi connectivity index (χ4n) is 2.44. The lowest BCUT2D eigenvalue weighted by atomic mass is 10.0. The number of carboxylic acids is 1. The van der Waals surface area contributed by atoms with E-state index < -0.39 is 12.0 Å². The van der Waals surface area contributed by atoms with Gasteiger partial charge in [-0.25, -0.2) is 4.79 Å². The summed E-state index contributed by atoms with van der Waals surface area (Å²) in [6.07, 6.45) is 0.831. The normalized spacial score (nSPS) is 22.8. The molecule has 5 heteroatoms. The van der Waals surface area contributed by atoms with Crippen LogP contribution in [0.4, 0.5) is 5.69 Å². The van der Waals surface area contributed by atoms with Gasteiger partial charge in [-0.15, -0.1) is 0 Å². The van der Waals surface area contributed by atoms with Gasteiger partial charge in [0.2, 0.25) is 0 Å². The number of nitrogens with zero attached hydrogens (tertiary/aromatic N) is 2. The second-order valence-corrected chi connectivity index (χ2v) is 5.43. The highest BCUT2D eigenvalue weighted by molar-refractivity contribution is 9.10. The summed E-state index contributed by atoms with van der Waals surface area (Å²) >= 11 is 3.32. The molecule has 0 radical (unpaired) electrons. The molecular weight excluding hydrogens is 296 g/mol. The van der Waals surface area contributed by atoms with Gasteiger partial charge < -0.3 is 10.0 Å². The molecule has 2 rings (SSSR count). The minimum absolute atomic E-state index is 0.0951. The number of carbonyl (C=O) groups is 1. The Balaban J connectivity index is 2.43. The average Bonchev–Trinajstić information content (AvgIpc) is 2.70. The molecule has 0 aliphatic carbocycles. The van der Waals surface area contributed by atoms with Crippen LogP contribution in [0.1, 0.15) is 18.9 Å². The molecule has 94 valence electrons. The quantitative estimate of drug-likeness (QED) is 0.912. The van der Waals surface area contributed by atoms with Crippen LogP contribution in [0.5, 0.6) is 0 Å². The molecule has 0 aromatic heterocycles. The third-order valence-corrected chi connectivity index (χ3v) is 3.83. The van der Waals surface area contributed by atoms with E-state index in [1.54, 1.807) is 12.1 Å². The van der Waals surface area contributed by atoms with Gasteiger partial charge in [0.1, 0.15) is 12.1 Å². The maximum atomic E-state index is 11.3. The lowest BCUT2D eigenvalue weighted by Crippen LogP contribution is -2.39. The third-order valence-electron chi connectivity index (χ3n) is 3.34. The molecule has 1 aliphatic rings. The molecule has 0 amide bonds. The van der Waals surface area contributed by atoms with Crippen LogP contribution in [0, 0.1) is 17.2 Å². The molecule has 1 aromatic rings. The highest BCUT2D eigenvalue weighted by Gasteiger charge is 2.37. The van der Waals surface area contributed by atoms with Crippen LogP contribution >= 0.6 is 15.9 Å². The number of rotatable bonds is 2. The summed E-state index contributed by atoms with van der Waals surface area (Å²) in [7, 11) is 0. The molecule has 1 saturated heterocycles. The van der Waals surface area contributed by atoms with E-state index in [1.165, 1.54) is 0 Å². The first-order chi connectivity index (χ1) is 8.54. The lowest BCUT2D eigenvalue weighted by Gasteiger charge is -2.26. The molecule has 2 unspecified atom stereocenters. The van der Waals surface area contributed by atoms with E-state index in [-0.39, 0.29) is 5.92 Å². The Morgan fingerprint density at radius 1 is 1.61 bits per heavy atom. The zero-order valence-electron chi connectivity index (χ0n) is 9.93. The molecular formula is C13H13BrN2O2. The Kier molecular flexibility index (Phi) is 3.58. The van der Waals surface area contributed by atoms with Gasteiger partial charge >= 0.3 is 5.97 Å². The van der Waals surface area contributed by atoms with Gasteiger partial charge in [-0.2, -0.15) is 5.26 Å². The van der Waals surface area contributed by atoms with Crippen LogP contribution < -0.4 is 4.90 Å². The van der Waals surface area contributed by atoms with Crippen molar-refractivity contribution >= 4 is 27.6 Å². The third kappa shape index (κ3) is 2.21. The van der Waals surface area contributed by atoms with Crippen molar-refractivity contribution in [3.05, 3.63) is 28.2 Å². The number of halogens is 1. The molecule has 0 spiro atoms. The zero-order chi connectivity index (χ0) is 13.3. The van der Waals surface area contributed by atoms with E-state index in [0.29, 0.717) is 17.8 Å². The monoisotopic (exact) mass is 308 g/mol. The highest BCUT2D eigenvalue weighted by atomic mass is 79.9. The summed E-state index contributed by atoms with van der Waals surface area (Å²) in [6, 6.07) is 6.93. The first-order valence-electron chi connectivity index (χ1n) is 5.73. The number of aliphatic carboxylic acids is 1. The van der Waals surface area contributed by atoms with E-state index in [0.717, 1.165) is 10.9 Å². The fourth-order valence-corrected chi connectivity index (χ4v) is 2.80. The molecule has 0 bridgehead atoms. The van der Waals surface area contributed by atoms with Gasteiger partial charge in [-0.3, -0.25) is 0 Å². The number of nitriles is 1. The molecule has 0 saturated carbocycles. The molecule has 4 nitrogen and oxygen atoms in total. The molecule has 1 aliphatic heterocycles. The Morgan fingerprint density at radius 3 is 2.94 bits per heavy atom. The van der Waals surface area contributed by atoms with Crippen molar-refractivity contribution in [2.24, 2.45) is 5.92 Å². The van der Waals surface area contributed by atoms with Crippen LogP contribution in [0.3, 0.4) is 0 Å². The standard InChI is InChI=1S/C13H13BrN2O2/c1-8-4-5-16(12(8)13(17)18)11-3-2-10(14)6-9(11)7-15/h2-3,6,8,12H,4-5H2,1H3,(H,17,18). The van der Waals surface area contributed by atoms with Crippen molar-refractivity contribution in [2.75, 3.05) is 11.4 Å². The summed E-state index contributed by atoms with van der Waals surface area (Å²) in [5.74, 6) is -0.732. The molecule has 1 aromatic carbocycles. The van der Waals surface area contributed by atoms with Gasteiger partial charge in [0.05, 0.1) is 11.3 Å². The van der Waals surface area contributed by atoms with Crippen LogP contribution in [0.25, 0.3) is 0 Å². The van der Waals surface area contributed by atoms with E-state index in [9.17, 15) is 9.90 Å². The SMILES string of the molecule is CC1CCN(c2ccc(Br)cc2C#N)C1C(=O)O. The number of hydrogen-bond acceptors (Lipinski definition) is 3. The number of anilines is 1. The van der Waals surface area contributed by atoms with Crippen LogP contribution in [-0.4, -0.2) is 23.7 Å². The summed E-state index contributed by atoms with van der Waals surface area (Å²) in [4.78, 5) is 13.1. The minimum atomic E-state index is -0.827. The first-order valence-corrected chi connectivity index (χ1v) is 6.53. The van der Waals surface area contributed by atoms with E-state index in [2.05, 4.69) is 22.0 Å². The van der Waals surface area contributed by atoms with Crippen molar-refractivity contribution in [2.45, 2.75) is 19.4 Å². The topological polar surface area (TPSA) is 64.3 Å². The molecule has 1 heterocycles. The summed E-state index contributed by atoms with van der Waals surface area (Å²) < 4.78 is 0.821. The second kappa shape index (κ2) is 4.99. The van der Waals surface area contributed by atoms with E-state index >= 15 is 0 Å². The Morgan fingerprint density at radius 2 is 2.33 bits per heavy atom. The maximum absolute atomic E-state index is 11.3.